The van der Waals surface area contributed by atoms with Crippen LogP contribution in [0.4, 0.5) is 13.2 Å². The van der Waals surface area contributed by atoms with Crippen LogP contribution in [0, 0.1) is 0 Å². The second-order valence-electron chi connectivity index (χ2n) is 1.61. The first-order valence-corrected chi connectivity index (χ1v) is 4.65. The molecule has 0 spiro atoms. The van der Waals surface area contributed by atoms with Crippen molar-refractivity contribution in [2.75, 3.05) is 0 Å². The smallest absolute Gasteiger partial charge is 0.367 e. The Morgan fingerprint density at radius 2 is 2.00 bits per heavy atom. The van der Waals surface area contributed by atoms with E-state index in [1.807, 2.05) is 0 Å². The predicted octanol–water partition coefficient (Wildman–Crippen LogP) is 1.09. The molecule has 5 heteroatoms. The van der Waals surface area contributed by atoms with Crippen LogP contribution in [0.3, 0.4) is 0 Å². The summed E-state index contributed by atoms with van der Waals surface area (Å²) in [7, 11) is -1.22. The molecular formula is C4H9F3OSi. The van der Waals surface area contributed by atoms with Crippen molar-refractivity contribution in [3.63, 3.8) is 0 Å². The highest BCUT2D eigenvalue weighted by Crippen LogP contribution is 2.21. The first-order chi connectivity index (χ1) is 4.00. The molecule has 0 aromatic heterocycles. The van der Waals surface area contributed by atoms with Crippen LogP contribution in [0.1, 0.15) is 6.92 Å². The van der Waals surface area contributed by atoms with Gasteiger partial charge in [-0.1, -0.05) is 6.55 Å². The van der Waals surface area contributed by atoms with Crippen LogP contribution in [0.2, 0.25) is 6.55 Å². The summed E-state index contributed by atoms with van der Waals surface area (Å²) in [5.41, 5.74) is 0. The van der Waals surface area contributed by atoms with Gasteiger partial charge in [-0.15, -0.1) is 0 Å². The summed E-state index contributed by atoms with van der Waals surface area (Å²) < 4.78 is 39.7. The van der Waals surface area contributed by atoms with Gasteiger partial charge >= 0.3 is 6.11 Å². The monoisotopic (exact) mass is 158 g/mol. The van der Waals surface area contributed by atoms with Gasteiger partial charge in [0.05, 0.1) is 0 Å². The third kappa shape index (κ3) is 2.86. The summed E-state index contributed by atoms with van der Waals surface area (Å²) >= 11 is 0. The minimum Gasteiger partial charge on any atom is -0.367 e. The van der Waals surface area contributed by atoms with E-state index < -0.39 is 22.0 Å². The molecule has 0 aromatic carbocycles. The van der Waals surface area contributed by atoms with Gasteiger partial charge in [0.2, 0.25) is 0 Å². The lowest BCUT2D eigenvalue weighted by molar-refractivity contribution is -0.215. The first-order valence-electron chi connectivity index (χ1n) is 2.66. The van der Waals surface area contributed by atoms with Crippen LogP contribution in [0.5, 0.6) is 0 Å². The molecule has 0 rings (SSSR count). The van der Waals surface area contributed by atoms with Gasteiger partial charge in [-0.2, -0.15) is 8.78 Å². The first kappa shape index (κ1) is 8.97. The van der Waals surface area contributed by atoms with Crippen LogP contribution >= 0.6 is 0 Å². The molecule has 0 heterocycles. The molecule has 0 radical (unpaired) electrons. The minimum absolute atomic E-state index is 0.782. The molecule has 0 saturated heterocycles. The van der Waals surface area contributed by atoms with E-state index in [0.717, 1.165) is 6.92 Å². The van der Waals surface area contributed by atoms with Gasteiger partial charge in [-0.05, 0) is 6.92 Å². The summed E-state index contributed by atoms with van der Waals surface area (Å²) in [6.45, 7) is 2.31. The fourth-order valence-corrected chi connectivity index (χ4v) is 0.922. The van der Waals surface area contributed by atoms with Gasteiger partial charge in [0.25, 0.3) is 0 Å². The SMILES string of the molecule is C[SiH2]OC(F)(F)C(C)F. The second-order valence-corrected chi connectivity index (χ2v) is 2.48. The van der Waals surface area contributed by atoms with Crippen molar-refractivity contribution in [1.29, 1.82) is 0 Å². The molecular weight excluding hydrogens is 149 g/mol. The second kappa shape index (κ2) is 3.22. The molecule has 0 saturated carbocycles. The molecule has 9 heavy (non-hydrogen) atoms. The van der Waals surface area contributed by atoms with E-state index in [2.05, 4.69) is 4.43 Å². The predicted molar refractivity (Wildman–Crippen MR) is 31.0 cm³/mol. The van der Waals surface area contributed by atoms with E-state index in [-0.39, 0.29) is 0 Å². The minimum atomic E-state index is -3.55. The lowest BCUT2D eigenvalue weighted by Crippen LogP contribution is -2.31. The standard InChI is InChI=1S/C4H9F3OSi/c1-3(5)4(6,7)8-9-2/h3H,9H2,1-2H3. The lowest BCUT2D eigenvalue weighted by Gasteiger charge is -2.16. The highest BCUT2D eigenvalue weighted by molar-refractivity contribution is 6.24. The van der Waals surface area contributed by atoms with Crippen molar-refractivity contribution < 1.29 is 17.6 Å². The summed E-state index contributed by atoms with van der Waals surface area (Å²) in [6.07, 6.45) is -5.76. The summed E-state index contributed by atoms with van der Waals surface area (Å²) in [4.78, 5) is 0. The van der Waals surface area contributed by atoms with Gasteiger partial charge in [0.1, 0.15) is 0 Å². The van der Waals surface area contributed by atoms with Crippen LogP contribution in [-0.4, -0.2) is 22.0 Å². The van der Waals surface area contributed by atoms with E-state index >= 15 is 0 Å². The Hall–Kier alpha value is -0.0331. The van der Waals surface area contributed by atoms with E-state index in [4.69, 9.17) is 0 Å². The van der Waals surface area contributed by atoms with E-state index in [0.29, 0.717) is 0 Å². The Morgan fingerprint density at radius 3 is 2.11 bits per heavy atom. The highest BCUT2D eigenvalue weighted by Gasteiger charge is 2.36. The largest absolute Gasteiger partial charge is 0.377 e. The zero-order valence-electron chi connectivity index (χ0n) is 5.33. The van der Waals surface area contributed by atoms with E-state index in [1.165, 1.54) is 6.55 Å². The molecule has 0 amide bonds. The quantitative estimate of drug-likeness (QED) is 0.558. The Bertz CT molecular complexity index is 85.9. The number of rotatable bonds is 3. The van der Waals surface area contributed by atoms with Crippen LogP contribution in [0.15, 0.2) is 0 Å². The molecule has 56 valence electrons. The molecule has 0 aliphatic heterocycles. The molecule has 0 aliphatic rings. The van der Waals surface area contributed by atoms with Crippen molar-refractivity contribution in [3.05, 3.63) is 0 Å². The van der Waals surface area contributed by atoms with Crippen molar-refractivity contribution in [2.45, 2.75) is 25.8 Å². The fraction of sp³-hybridized carbons (Fsp3) is 1.00. The third-order valence-electron chi connectivity index (χ3n) is 0.800. The molecule has 0 N–H and O–H groups in total. The average Bonchev–Trinajstić information content (AvgIpc) is 1.65. The Morgan fingerprint density at radius 1 is 1.56 bits per heavy atom. The zero-order chi connectivity index (χ0) is 7.49. The number of hydrogen-bond acceptors (Lipinski definition) is 1. The van der Waals surface area contributed by atoms with Crippen molar-refractivity contribution in [2.24, 2.45) is 0 Å². The Kier molecular flexibility index (Phi) is 3.20. The van der Waals surface area contributed by atoms with Gasteiger partial charge < -0.3 is 4.43 Å². The maximum absolute atomic E-state index is 12.0. The summed E-state index contributed by atoms with van der Waals surface area (Å²) in [5, 5.41) is 0. The maximum Gasteiger partial charge on any atom is 0.377 e. The normalized spacial score (nSPS) is 17.0. The summed E-state index contributed by atoms with van der Waals surface area (Å²) in [5.74, 6) is 0. The lowest BCUT2D eigenvalue weighted by atomic mass is 10.4. The van der Waals surface area contributed by atoms with Crippen molar-refractivity contribution in [1.82, 2.24) is 0 Å². The highest BCUT2D eigenvalue weighted by atomic mass is 28.2. The Labute approximate surface area is 54.1 Å². The van der Waals surface area contributed by atoms with E-state index in [1.54, 1.807) is 0 Å². The van der Waals surface area contributed by atoms with Crippen LogP contribution < -0.4 is 0 Å². The molecule has 1 nitrogen and oxygen atoms in total. The van der Waals surface area contributed by atoms with Gasteiger partial charge in [0.15, 0.2) is 15.9 Å². The van der Waals surface area contributed by atoms with E-state index in [9.17, 15) is 13.2 Å². The maximum atomic E-state index is 12.0. The third-order valence-corrected chi connectivity index (χ3v) is 1.47. The zero-order valence-corrected chi connectivity index (χ0v) is 6.74. The molecule has 0 fully saturated rings. The number of halogens is 3. The van der Waals surface area contributed by atoms with Gasteiger partial charge in [-0.3, -0.25) is 0 Å². The van der Waals surface area contributed by atoms with Crippen LogP contribution in [-0.2, 0) is 4.43 Å². The number of alkyl halides is 3. The van der Waals surface area contributed by atoms with Gasteiger partial charge in [-0.25, -0.2) is 4.39 Å². The molecule has 0 aliphatic carbocycles. The van der Waals surface area contributed by atoms with Crippen LogP contribution in [0.25, 0.3) is 0 Å². The van der Waals surface area contributed by atoms with Crippen molar-refractivity contribution >= 4 is 9.76 Å². The van der Waals surface area contributed by atoms with Crippen molar-refractivity contribution in [3.8, 4) is 0 Å². The molecule has 1 unspecified atom stereocenters. The molecule has 0 aromatic rings. The molecule has 0 bridgehead atoms. The number of hydrogen-bond donors (Lipinski definition) is 0. The Balaban J connectivity index is 3.70. The van der Waals surface area contributed by atoms with Gasteiger partial charge in [0, 0.05) is 0 Å². The summed E-state index contributed by atoms with van der Waals surface area (Å²) in [6, 6.07) is 0. The average molecular weight is 158 g/mol. The fourth-order valence-electron chi connectivity index (χ4n) is 0.307. The molecule has 1 atom stereocenters. The topological polar surface area (TPSA) is 9.23 Å².